The van der Waals surface area contributed by atoms with Crippen LogP contribution >= 0.6 is 12.4 Å². The molecule has 0 unspecified atom stereocenters. The summed E-state index contributed by atoms with van der Waals surface area (Å²) in [5, 5.41) is 2.91. The molecule has 0 bridgehead atoms. The number of carbonyl (C=O) groups is 1. The number of aromatic nitrogens is 4. The lowest BCUT2D eigenvalue weighted by Crippen LogP contribution is -1.99. The zero-order valence-electron chi connectivity index (χ0n) is 8.04. The van der Waals surface area contributed by atoms with Crippen LogP contribution in [-0.2, 0) is 11.3 Å². The van der Waals surface area contributed by atoms with Crippen LogP contribution in [0.1, 0.15) is 0 Å². The van der Waals surface area contributed by atoms with Gasteiger partial charge in [0.25, 0.3) is 0 Å². The van der Waals surface area contributed by atoms with Gasteiger partial charge in [-0.25, -0.2) is 15.0 Å². The van der Waals surface area contributed by atoms with Crippen LogP contribution in [0.4, 0.5) is 5.82 Å². The topological polar surface area (TPSA) is 72.7 Å². The molecule has 0 fully saturated rings. The quantitative estimate of drug-likeness (QED) is 0.773. The van der Waals surface area contributed by atoms with Gasteiger partial charge in [0.05, 0.1) is 12.9 Å². The van der Waals surface area contributed by atoms with E-state index in [4.69, 9.17) is 0 Å². The number of carbonyl (C=O) groups excluding carboxylic acids is 1. The second-order valence-corrected chi connectivity index (χ2v) is 2.71. The maximum absolute atomic E-state index is 10.4. The maximum atomic E-state index is 10.4. The summed E-state index contributed by atoms with van der Waals surface area (Å²) in [6.07, 6.45) is 3.83. The fourth-order valence-electron chi connectivity index (χ4n) is 1.28. The zero-order chi connectivity index (χ0) is 9.97. The van der Waals surface area contributed by atoms with Crippen molar-refractivity contribution in [2.75, 3.05) is 12.4 Å². The molecule has 2 heterocycles. The van der Waals surface area contributed by atoms with Crippen LogP contribution in [0.15, 0.2) is 12.7 Å². The fourth-order valence-corrected chi connectivity index (χ4v) is 1.28. The lowest BCUT2D eigenvalue weighted by atomic mass is 10.5. The monoisotopic (exact) mass is 227 g/mol. The third-order valence-corrected chi connectivity index (χ3v) is 1.91. The summed E-state index contributed by atoms with van der Waals surface area (Å²) in [6, 6.07) is 0. The minimum absolute atomic E-state index is 0. The average Bonchev–Trinajstić information content (AvgIpc) is 2.62. The van der Waals surface area contributed by atoms with Crippen LogP contribution in [0.5, 0.6) is 0 Å². The molecule has 15 heavy (non-hydrogen) atoms. The molecule has 0 aromatic carbocycles. The molecule has 0 aliphatic carbocycles. The molecule has 7 heteroatoms. The number of rotatable bonds is 3. The summed E-state index contributed by atoms with van der Waals surface area (Å²) in [6.45, 7) is 0.261. The van der Waals surface area contributed by atoms with Crippen molar-refractivity contribution >= 4 is 35.7 Å². The third kappa shape index (κ3) is 1.89. The molecule has 6 nitrogen and oxygen atoms in total. The van der Waals surface area contributed by atoms with Crippen molar-refractivity contribution in [3.63, 3.8) is 0 Å². The Morgan fingerprint density at radius 3 is 2.93 bits per heavy atom. The average molecular weight is 228 g/mol. The highest BCUT2D eigenvalue weighted by Gasteiger charge is 2.07. The molecule has 2 aromatic rings. The Kier molecular flexibility index (Phi) is 3.56. The highest BCUT2D eigenvalue weighted by atomic mass is 35.5. The van der Waals surface area contributed by atoms with Crippen molar-refractivity contribution in [2.24, 2.45) is 0 Å². The van der Waals surface area contributed by atoms with E-state index in [2.05, 4.69) is 20.3 Å². The van der Waals surface area contributed by atoms with Crippen molar-refractivity contribution in [1.29, 1.82) is 0 Å². The van der Waals surface area contributed by atoms with Crippen molar-refractivity contribution in [3.8, 4) is 0 Å². The Morgan fingerprint density at radius 2 is 2.27 bits per heavy atom. The van der Waals surface area contributed by atoms with Gasteiger partial charge in [-0.3, -0.25) is 0 Å². The molecule has 0 saturated heterocycles. The molecule has 0 amide bonds. The first-order valence-electron chi connectivity index (χ1n) is 4.14. The summed E-state index contributed by atoms with van der Waals surface area (Å²) in [5.41, 5.74) is 1.34. The van der Waals surface area contributed by atoms with Gasteiger partial charge in [-0.15, -0.1) is 12.4 Å². The van der Waals surface area contributed by atoms with E-state index in [1.165, 1.54) is 6.33 Å². The summed E-state index contributed by atoms with van der Waals surface area (Å²) in [7, 11) is 1.76. The van der Waals surface area contributed by atoms with Crippen LogP contribution in [0.25, 0.3) is 11.2 Å². The van der Waals surface area contributed by atoms with Crippen LogP contribution in [0, 0.1) is 0 Å². The van der Waals surface area contributed by atoms with Crippen molar-refractivity contribution in [3.05, 3.63) is 12.7 Å². The van der Waals surface area contributed by atoms with Gasteiger partial charge in [0, 0.05) is 7.05 Å². The lowest BCUT2D eigenvalue weighted by Gasteiger charge is -1.99. The van der Waals surface area contributed by atoms with E-state index >= 15 is 0 Å². The van der Waals surface area contributed by atoms with Gasteiger partial charge in [-0.1, -0.05) is 0 Å². The number of hydrogen-bond acceptors (Lipinski definition) is 5. The molecule has 0 aliphatic rings. The van der Waals surface area contributed by atoms with E-state index in [0.717, 1.165) is 6.29 Å². The van der Waals surface area contributed by atoms with E-state index in [-0.39, 0.29) is 19.0 Å². The van der Waals surface area contributed by atoms with Gasteiger partial charge in [0.2, 0.25) is 0 Å². The van der Waals surface area contributed by atoms with Gasteiger partial charge in [0.15, 0.2) is 11.5 Å². The second kappa shape index (κ2) is 4.70. The van der Waals surface area contributed by atoms with E-state index in [9.17, 15) is 4.79 Å². The Bertz CT molecular complexity index is 469. The molecule has 0 atom stereocenters. The molecule has 0 aliphatic heterocycles. The first-order valence-corrected chi connectivity index (χ1v) is 4.14. The van der Waals surface area contributed by atoms with Gasteiger partial charge < -0.3 is 14.7 Å². The molecule has 2 rings (SSSR count). The molecule has 1 N–H and O–H groups in total. The Morgan fingerprint density at radius 1 is 1.47 bits per heavy atom. The normalized spacial score (nSPS) is 9.67. The molecule has 80 valence electrons. The van der Waals surface area contributed by atoms with Crippen molar-refractivity contribution < 1.29 is 4.79 Å². The SMILES string of the molecule is CNc1ncnc2c1ncn2CC=O.Cl. The van der Waals surface area contributed by atoms with Crippen LogP contribution in [0.2, 0.25) is 0 Å². The molecule has 2 aromatic heterocycles. The number of imidazole rings is 1. The number of nitrogens with one attached hydrogen (secondary N) is 1. The van der Waals surface area contributed by atoms with E-state index in [0.29, 0.717) is 17.0 Å². The van der Waals surface area contributed by atoms with E-state index in [1.54, 1.807) is 17.9 Å². The summed E-state index contributed by atoms with van der Waals surface area (Å²) >= 11 is 0. The molecular weight excluding hydrogens is 218 g/mol. The van der Waals surface area contributed by atoms with Crippen LogP contribution < -0.4 is 5.32 Å². The van der Waals surface area contributed by atoms with Crippen molar-refractivity contribution in [2.45, 2.75) is 6.54 Å². The predicted octanol–water partition coefficient (Wildman–Crippen LogP) is 0.489. The number of fused-ring (bicyclic) bond motifs is 1. The third-order valence-electron chi connectivity index (χ3n) is 1.91. The summed E-state index contributed by atoms with van der Waals surface area (Å²) in [4.78, 5) is 22.6. The molecular formula is C8H10ClN5O. The first-order chi connectivity index (χ1) is 6.86. The number of nitrogens with zero attached hydrogens (tertiary/aromatic N) is 4. The van der Waals surface area contributed by atoms with Crippen LogP contribution in [-0.4, -0.2) is 32.9 Å². The fraction of sp³-hybridized carbons (Fsp3) is 0.250. The Labute approximate surface area is 92.2 Å². The van der Waals surface area contributed by atoms with Gasteiger partial charge in [-0.2, -0.15) is 0 Å². The molecule has 0 saturated carbocycles. The van der Waals surface area contributed by atoms with Crippen LogP contribution in [0.3, 0.4) is 0 Å². The highest BCUT2D eigenvalue weighted by molar-refractivity contribution is 5.85. The van der Waals surface area contributed by atoms with Gasteiger partial charge >= 0.3 is 0 Å². The number of anilines is 1. The Hall–Kier alpha value is -1.69. The second-order valence-electron chi connectivity index (χ2n) is 2.71. The summed E-state index contributed by atoms with van der Waals surface area (Å²) in [5.74, 6) is 0.666. The van der Waals surface area contributed by atoms with E-state index in [1.807, 2.05) is 0 Å². The lowest BCUT2D eigenvalue weighted by molar-refractivity contribution is -0.108. The minimum Gasteiger partial charge on any atom is -0.371 e. The maximum Gasteiger partial charge on any atom is 0.165 e. The zero-order valence-corrected chi connectivity index (χ0v) is 8.86. The molecule has 0 spiro atoms. The smallest absolute Gasteiger partial charge is 0.165 e. The van der Waals surface area contributed by atoms with E-state index < -0.39 is 0 Å². The molecule has 0 radical (unpaired) electrons. The number of hydrogen-bond donors (Lipinski definition) is 1. The highest BCUT2D eigenvalue weighted by Crippen LogP contribution is 2.15. The minimum atomic E-state index is 0. The van der Waals surface area contributed by atoms with Crippen molar-refractivity contribution in [1.82, 2.24) is 19.5 Å². The predicted molar refractivity (Wildman–Crippen MR) is 58.2 cm³/mol. The Balaban J connectivity index is 0.00000112. The van der Waals surface area contributed by atoms with Gasteiger partial charge in [0.1, 0.15) is 18.1 Å². The number of aldehydes is 1. The first kappa shape index (κ1) is 11.4. The standard InChI is InChI=1S/C8H9N5O.ClH/c1-9-7-6-8(11-4-10-7)13(2-3-14)5-12-6;/h3-5H,2H2,1H3,(H,9,10,11);1H. The number of halogens is 1. The summed E-state index contributed by atoms with van der Waals surface area (Å²) < 4.78 is 1.67. The largest absolute Gasteiger partial charge is 0.371 e. The van der Waals surface area contributed by atoms with Gasteiger partial charge in [-0.05, 0) is 0 Å².